The number of nitrogens with zero attached hydrogens (tertiary/aromatic N) is 1. The summed E-state index contributed by atoms with van der Waals surface area (Å²) in [6.45, 7) is 5.85. The Kier molecular flexibility index (Phi) is 5.49. The number of benzene rings is 1. The van der Waals surface area contributed by atoms with E-state index in [4.69, 9.17) is 4.74 Å². The molecule has 0 aliphatic rings. The minimum atomic E-state index is -0.325. The number of hydrogen-bond acceptors (Lipinski definition) is 4. The Balaban J connectivity index is 2.04. The molecule has 108 valence electrons. The summed E-state index contributed by atoms with van der Waals surface area (Å²) in [5.41, 5.74) is 1.80. The van der Waals surface area contributed by atoms with Crippen LogP contribution in [0.15, 0.2) is 23.6 Å². The number of aromatic nitrogens is 1. The monoisotopic (exact) mass is 294 g/mol. The summed E-state index contributed by atoms with van der Waals surface area (Å²) < 4.78 is 19.5. The topological polar surface area (TPSA) is 34.1 Å². The van der Waals surface area contributed by atoms with Crippen molar-refractivity contribution in [1.29, 1.82) is 0 Å². The zero-order chi connectivity index (χ0) is 14.4. The van der Waals surface area contributed by atoms with Gasteiger partial charge in [-0.3, -0.25) is 0 Å². The predicted molar refractivity (Wildman–Crippen MR) is 79.6 cm³/mol. The minimum Gasteiger partial charge on any atom is -0.483 e. The molecule has 2 rings (SSSR count). The number of rotatable bonds is 7. The quantitative estimate of drug-likeness (QED) is 0.791. The second kappa shape index (κ2) is 7.36. The highest BCUT2D eigenvalue weighted by Crippen LogP contribution is 2.24. The number of halogens is 1. The van der Waals surface area contributed by atoms with Gasteiger partial charge in [0.2, 0.25) is 0 Å². The molecule has 0 radical (unpaired) electrons. The van der Waals surface area contributed by atoms with Gasteiger partial charge >= 0.3 is 0 Å². The van der Waals surface area contributed by atoms with Crippen LogP contribution in [0.1, 0.15) is 29.6 Å². The van der Waals surface area contributed by atoms with Crippen molar-refractivity contribution in [2.45, 2.75) is 33.4 Å². The van der Waals surface area contributed by atoms with Gasteiger partial charge in [0, 0.05) is 23.2 Å². The number of aryl methyl sites for hydroxylation is 1. The summed E-state index contributed by atoms with van der Waals surface area (Å²) in [7, 11) is 0. The normalized spacial score (nSPS) is 10.8. The highest BCUT2D eigenvalue weighted by Gasteiger charge is 2.10. The summed E-state index contributed by atoms with van der Waals surface area (Å²) in [5, 5.41) is 6.08. The SMILES string of the molecule is CCCNCc1cccc(F)c1OCc1nc(C)cs1. The third-order valence-corrected chi connectivity index (χ3v) is 3.74. The van der Waals surface area contributed by atoms with Crippen LogP contribution >= 0.6 is 11.3 Å². The molecule has 0 saturated heterocycles. The Morgan fingerprint density at radius 2 is 2.25 bits per heavy atom. The van der Waals surface area contributed by atoms with E-state index in [1.165, 1.54) is 17.4 Å². The van der Waals surface area contributed by atoms with Gasteiger partial charge < -0.3 is 10.1 Å². The van der Waals surface area contributed by atoms with E-state index < -0.39 is 0 Å². The van der Waals surface area contributed by atoms with Gasteiger partial charge in [0.1, 0.15) is 11.6 Å². The van der Waals surface area contributed by atoms with Crippen LogP contribution in [-0.4, -0.2) is 11.5 Å². The number of thiazole rings is 1. The molecule has 0 bridgehead atoms. The highest BCUT2D eigenvalue weighted by atomic mass is 32.1. The fraction of sp³-hybridized carbons (Fsp3) is 0.400. The molecule has 0 fully saturated rings. The maximum atomic E-state index is 13.9. The van der Waals surface area contributed by atoms with Gasteiger partial charge in [0.05, 0.1) is 0 Å². The number of para-hydroxylation sites is 1. The largest absolute Gasteiger partial charge is 0.483 e. The van der Waals surface area contributed by atoms with Crippen LogP contribution < -0.4 is 10.1 Å². The van der Waals surface area contributed by atoms with E-state index >= 15 is 0 Å². The van der Waals surface area contributed by atoms with Gasteiger partial charge in [-0.25, -0.2) is 9.37 Å². The summed E-state index contributed by atoms with van der Waals surface area (Å²) in [4.78, 5) is 4.32. The van der Waals surface area contributed by atoms with E-state index in [1.807, 2.05) is 18.4 Å². The number of hydrogen-bond donors (Lipinski definition) is 1. The molecule has 1 aromatic heterocycles. The van der Waals surface area contributed by atoms with Crippen molar-refractivity contribution in [2.24, 2.45) is 0 Å². The lowest BCUT2D eigenvalue weighted by atomic mass is 10.2. The smallest absolute Gasteiger partial charge is 0.165 e. The molecule has 0 aliphatic carbocycles. The van der Waals surface area contributed by atoms with Crippen molar-refractivity contribution >= 4 is 11.3 Å². The van der Waals surface area contributed by atoms with Crippen molar-refractivity contribution in [3.63, 3.8) is 0 Å². The van der Waals surface area contributed by atoms with Crippen molar-refractivity contribution < 1.29 is 9.13 Å². The third kappa shape index (κ3) is 4.02. The Bertz CT molecular complexity index is 557. The van der Waals surface area contributed by atoms with Gasteiger partial charge in [-0.15, -0.1) is 11.3 Å². The lowest BCUT2D eigenvalue weighted by Crippen LogP contribution is -2.15. The van der Waals surface area contributed by atoms with Gasteiger partial charge in [-0.2, -0.15) is 0 Å². The van der Waals surface area contributed by atoms with Gasteiger partial charge in [0.15, 0.2) is 11.6 Å². The van der Waals surface area contributed by atoms with E-state index in [1.54, 1.807) is 6.07 Å². The first-order valence-corrected chi connectivity index (χ1v) is 7.60. The average Bonchev–Trinajstić information content (AvgIpc) is 2.84. The molecule has 0 aliphatic heterocycles. The lowest BCUT2D eigenvalue weighted by Gasteiger charge is -2.12. The van der Waals surface area contributed by atoms with Crippen LogP contribution in [0.2, 0.25) is 0 Å². The van der Waals surface area contributed by atoms with Crippen molar-refractivity contribution in [1.82, 2.24) is 10.3 Å². The van der Waals surface area contributed by atoms with E-state index in [-0.39, 0.29) is 5.82 Å². The highest BCUT2D eigenvalue weighted by molar-refractivity contribution is 7.09. The molecule has 0 atom stereocenters. The standard InChI is InChI=1S/C15H19FN2OS/c1-3-7-17-8-12-5-4-6-13(16)15(12)19-9-14-18-11(2)10-20-14/h4-6,10,17H,3,7-9H2,1-2H3. The first kappa shape index (κ1) is 14.9. The fourth-order valence-electron chi connectivity index (χ4n) is 1.86. The molecular formula is C15H19FN2OS. The zero-order valence-electron chi connectivity index (χ0n) is 11.8. The van der Waals surface area contributed by atoms with Crippen LogP contribution in [0.3, 0.4) is 0 Å². The van der Waals surface area contributed by atoms with Crippen molar-refractivity contribution in [2.75, 3.05) is 6.54 Å². The average molecular weight is 294 g/mol. The zero-order valence-corrected chi connectivity index (χ0v) is 12.6. The summed E-state index contributed by atoms with van der Waals surface area (Å²) in [6, 6.07) is 5.01. The van der Waals surface area contributed by atoms with Gasteiger partial charge in [-0.1, -0.05) is 19.1 Å². The molecule has 1 N–H and O–H groups in total. The van der Waals surface area contributed by atoms with E-state index in [2.05, 4.69) is 17.2 Å². The molecule has 0 spiro atoms. The minimum absolute atomic E-state index is 0.306. The fourth-order valence-corrected chi connectivity index (χ4v) is 2.54. The van der Waals surface area contributed by atoms with Crippen LogP contribution in [-0.2, 0) is 13.2 Å². The second-order valence-corrected chi connectivity index (χ2v) is 5.52. The maximum absolute atomic E-state index is 13.9. The van der Waals surface area contributed by atoms with Crippen LogP contribution in [0.4, 0.5) is 4.39 Å². The van der Waals surface area contributed by atoms with Crippen LogP contribution in [0.25, 0.3) is 0 Å². The van der Waals surface area contributed by atoms with E-state index in [9.17, 15) is 4.39 Å². The van der Waals surface area contributed by atoms with Gasteiger partial charge in [0.25, 0.3) is 0 Å². The summed E-state index contributed by atoms with van der Waals surface area (Å²) in [5.74, 6) is -0.00182. The summed E-state index contributed by atoms with van der Waals surface area (Å²) in [6.07, 6.45) is 1.05. The maximum Gasteiger partial charge on any atom is 0.165 e. The molecule has 20 heavy (non-hydrogen) atoms. The molecule has 0 saturated carbocycles. The lowest BCUT2D eigenvalue weighted by molar-refractivity contribution is 0.285. The van der Waals surface area contributed by atoms with Crippen LogP contribution in [0, 0.1) is 12.7 Å². The molecule has 0 unspecified atom stereocenters. The van der Waals surface area contributed by atoms with E-state index in [0.29, 0.717) is 18.9 Å². The summed E-state index contributed by atoms with van der Waals surface area (Å²) >= 11 is 1.53. The van der Waals surface area contributed by atoms with Crippen molar-refractivity contribution in [3.05, 3.63) is 45.7 Å². The third-order valence-electron chi connectivity index (χ3n) is 2.80. The Hall–Kier alpha value is -1.46. The molecule has 5 heteroatoms. The Morgan fingerprint density at radius 3 is 2.95 bits per heavy atom. The number of nitrogens with one attached hydrogen (secondary N) is 1. The number of ether oxygens (including phenoxy) is 1. The van der Waals surface area contributed by atoms with E-state index in [0.717, 1.165) is 29.2 Å². The Labute approximate surface area is 122 Å². The molecule has 1 aromatic carbocycles. The molecule has 1 heterocycles. The predicted octanol–water partition coefficient (Wildman–Crippen LogP) is 3.67. The molecule has 3 nitrogen and oxygen atoms in total. The Morgan fingerprint density at radius 1 is 1.40 bits per heavy atom. The van der Waals surface area contributed by atoms with Crippen LogP contribution in [0.5, 0.6) is 5.75 Å². The van der Waals surface area contributed by atoms with Gasteiger partial charge in [-0.05, 0) is 26.0 Å². The van der Waals surface area contributed by atoms with Crippen molar-refractivity contribution in [3.8, 4) is 5.75 Å². The first-order valence-electron chi connectivity index (χ1n) is 6.72. The molecular weight excluding hydrogens is 275 g/mol. The second-order valence-electron chi connectivity index (χ2n) is 4.58. The first-order chi connectivity index (χ1) is 9.70. The molecule has 2 aromatic rings. The molecule has 0 amide bonds.